The zero-order chi connectivity index (χ0) is 47.3. The Balaban J connectivity index is 1.08. The van der Waals surface area contributed by atoms with Crippen molar-refractivity contribution in [2.75, 3.05) is 0 Å². The Morgan fingerprint density at radius 3 is 1.79 bits per heavy atom. The fourth-order valence-electron chi connectivity index (χ4n) is 10.3. The van der Waals surface area contributed by atoms with Gasteiger partial charge in [-0.25, -0.2) is 9.98 Å². The maximum Gasteiger partial charge on any atom is 0.160 e. The molecule has 0 saturated heterocycles. The molecule has 0 unspecified atom stereocenters. The number of rotatable bonds is 9. The van der Waals surface area contributed by atoms with Crippen LogP contribution < -0.4 is 0 Å². The summed E-state index contributed by atoms with van der Waals surface area (Å²) in [6.45, 7) is 14.1. The summed E-state index contributed by atoms with van der Waals surface area (Å²) in [5.41, 5.74) is 14.4. The van der Waals surface area contributed by atoms with Gasteiger partial charge in [-0.2, -0.15) is 0 Å². The molecule has 0 fully saturated rings. The Morgan fingerprint density at radius 1 is 0.457 bits per heavy atom. The molecular formula is C67H48N2O. The second kappa shape index (κ2) is 17.6. The number of nitrogens with zero attached hydrogens (tertiary/aromatic N) is 2. The lowest BCUT2D eigenvalue weighted by Crippen LogP contribution is -2.07. The molecule has 70 heavy (non-hydrogen) atoms. The van der Waals surface area contributed by atoms with Crippen LogP contribution in [-0.4, -0.2) is 11.5 Å². The SMILES string of the molecule is C=C(c1cc(C(=C)N=C(N=C(CC)c2ccc3ccccc3c2)c2ccc(-c3ccccc3)cc2)c2oc3ccc4ccccc4c3c2c1)c1cc2ccccc2cc1-c1c(C)ccc2ccccc12. The maximum absolute atomic E-state index is 6.94. The molecule has 0 spiro atoms. The van der Waals surface area contributed by atoms with E-state index in [1.165, 1.54) is 38.1 Å². The quantitative estimate of drug-likeness (QED) is 0.105. The van der Waals surface area contributed by atoms with Gasteiger partial charge in [-0.15, -0.1) is 0 Å². The minimum atomic E-state index is 0.534. The summed E-state index contributed by atoms with van der Waals surface area (Å²) in [6, 6.07) is 77.4. The number of aryl methyl sites for hydroxylation is 1. The van der Waals surface area contributed by atoms with E-state index in [0.717, 1.165) is 88.3 Å². The topological polar surface area (TPSA) is 37.9 Å². The zero-order valence-electron chi connectivity index (χ0n) is 39.2. The minimum absolute atomic E-state index is 0.534. The summed E-state index contributed by atoms with van der Waals surface area (Å²) in [5, 5.41) is 11.4. The number of benzene rings is 11. The Labute approximate surface area is 407 Å². The smallest absolute Gasteiger partial charge is 0.160 e. The summed E-state index contributed by atoms with van der Waals surface area (Å²) in [4.78, 5) is 10.9. The summed E-state index contributed by atoms with van der Waals surface area (Å²) in [6.07, 6.45) is 0.701. The van der Waals surface area contributed by atoms with Gasteiger partial charge in [0.25, 0.3) is 0 Å². The monoisotopic (exact) mass is 896 g/mol. The van der Waals surface area contributed by atoms with Gasteiger partial charge in [0.1, 0.15) is 11.2 Å². The second-order valence-corrected chi connectivity index (χ2v) is 18.2. The Morgan fingerprint density at radius 2 is 1.04 bits per heavy atom. The van der Waals surface area contributed by atoms with E-state index >= 15 is 0 Å². The fraction of sp³-hybridized carbons (Fsp3) is 0.0448. The molecule has 3 nitrogen and oxygen atoms in total. The summed E-state index contributed by atoms with van der Waals surface area (Å²) in [7, 11) is 0. The molecule has 0 aliphatic heterocycles. The number of furan rings is 1. The number of hydrogen-bond acceptors (Lipinski definition) is 2. The number of hydrogen-bond donors (Lipinski definition) is 0. The third-order valence-corrected chi connectivity index (χ3v) is 13.9. The van der Waals surface area contributed by atoms with Crippen molar-refractivity contribution in [1.82, 2.24) is 0 Å². The van der Waals surface area contributed by atoms with E-state index in [0.29, 0.717) is 23.5 Å². The highest BCUT2D eigenvalue weighted by Crippen LogP contribution is 2.44. The molecule has 0 radical (unpaired) electrons. The Hall–Kier alpha value is -8.92. The lowest BCUT2D eigenvalue weighted by Gasteiger charge is -2.19. The normalized spacial score (nSPS) is 12.2. The van der Waals surface area contributed by atoms with Crippen molar-refractivity contribution in [1.29, 1.82) is 0 Å². The first-order valence-electron chi connectivity index (χ1n) is 24.0. The average molecular weight is 897 g/mol. The third-order valence-electron chi connectivity index (χ3n) is 13.9. The Kier molecular flexibility index (Phi) is 10.7. The molecule has 3 heteroatoms. The van der Waals surface area contributed by atoms with Gasteiger partial charge in [0.2, 0.25) is 0 Å². The molecule has 11 aromatic carbocycles. The number of aliphatic imine (C=N–C) groups is 2. The van der Waals surface area contributed by atoms with Crippen LogP contribution in [0.15, 0.2) is 246 Å². The van der Waals surface area contributed by atoms with Crippen molar-refractivity contribution in [3.8, 4) is 22.3 Å². The van der Waals surface area contributed by atoms with Crippen LogP contribution >= 0.6 is 0 Å². The summed E-state index contributed by atoms with van der Waals surface area (Å²) >= 11 is 0. The highest BCUT2D eigenvalue weighted by atomic mass is 16.3. The molecule has 0 saturated carbocycles. The zero-order valence-corrected chi connectivity index (χ0v) is 39.2. The molecule has 0 atom stereocenters. The fourth-order valence-corrected chi connectivity index (χ4v) is 10.3. The molecule has 332 valence electrons. The van der Waals surface area contributed by atoms with Crippen LogP contribution in [0.3, 0.4) is 0 Å². The van der Waals surface area contributed by atoms with Gasteiger partial charge in [0.15, 0.2) is 5.84 Å². The molecule has 0 amide bonds. The van der Waals surface area contributed by atoms with Crippen molar-refractivity contribution < 1.29 is 4.42 Å². The van der Waals surface area contributed by atoms with Gasteiger partial charge in [-0.1, -0.05) is 202 Å². The standard InChI is InChI=1S/C67H48N2O/c1-5-62(54-34-31-46-19-9-10-22-51(46)37-54)69-67(50-32-29-47(30-33-50)45-17-7-6-8-18-45)68-44(4)59-40-55(41-61-65-57-26-16-14-21-49(57)35-36-63(65)70-66(59)61)43(3)58-38-52-23-11-12-24-53(52)39-60(58)64-42(2)27-28-48-20-13-15-25-56(48)64/h6-41H,3-5H2,1-2H3. The lowest BCUT2D eigenvalue weighted by atomic mass is 9.85. The van der Waals surface area contributed by atoms with E-state index in [1.54, 1.807) is 0 Å². The predicted octanol–water partition coefficient (Wildman–Crippen LogP) is 18.2. The van der Waals surface area contributed by atoms with Gasteiger partial charge in [0.05, 0.1) is 5.70 Å². The highest BCUT2D eigenvalue weighted by molar-refractivity contribution is 6.21. The highest BCUT2D eigenvalue weighted by Gasteiger charge is 2.22. The van der Waals surface area contributed by atoms with Gasteiger partial charge in [0, 0.05) is 27.6 Å². The second-order valence-electron chi connectivity index (χ2n) is 18.2. The first-order valence-corrected chi connectivity index (χ1v) is 24.0. The van der Waals surface area contributed by atoms with Crippen LogP contribution in [0.5, 0.6) is 0 Å². The molecule has 0 N–H and O–H groups in total. The summed E-state index contributed by atoms with van der Waals surface area (Å²) < 4.78 is 6.94. The maximum atomic E-state index is 6.94. The average Bonchev–Trinajstić information content (AvgIpc) is 3.80. The van der Waals surface area contributed by atoms with Crippen molar-refractivity contribution in [2.24, 2.45) is 9.98 Å². The molecule has 0 aliphatic carbocycles. The molecule has 1 heterocycles. The van der Waals surface area contributed by atoms with Crippen LogP contribution in [0, 0.1) is 6.92 Å². The van der Waals surface area contributed by atoms with Gasteiger partial charge >= 0.3 is 0 Å². The number of fused-ring (bicyclic) bond motifs is 8. The van der Waals surface area contributed by atoms with E-state index < -0.39 is 0 Å². The van der Waals surface area contributed by atoms with Crippen LogP contribution in [0.1, 0.15) is 46.7 Å². The lowest BCUT2D eigenvalue weighted by molar-refractivity contribution is 0.668. The van der Waals surface area contributed by atoms with E-state index in [4.69, 9.17) is 27.6 Å². The third kappa shape index (κ3) is 7.59. The van der Waals surface area contributed by atoms with Gasteiger partial charge in [-0.3, -0.25) is 0 Å². The van der Waals surface area contributed by atoms with Gasteiger partial charge in [-0.05, 0) is 143 Å². The first-order chi connectivity index (χ1) is 34.4. The van der Waals surface area contributed by atoms with E-state index in [1.807, 2.05) is 6.07 Å². The van der Waals surface area contributed by atoms with Crippen molar-refractivity contribution in [2.45, 2.75) is 20.3 Å². The first kappa shape index (κ1) is 42.4. The van der Waals surface area contributed by atoms with Crippen molar-refractivity contribution in [3.63, 3.8) is 0 Å². The van der Waals surface area contributed by atoms with Crippen molar-refractivity contribution >= 4 is 87.8 Å². The Bertz CT molecular complexity index is 4130. The van der Waals surface area contributed by atoms with Crippen molar-refractivity contribution in [3.05, 3.63) is 265 Å². The van der Waals surface area contributed by atoms with Gasteiger partial charge < -0.3 is 4.42 Å². The summed E-state index contributed by atoms with van der Waals surface area (Å²) in [5.74, 6) is 0.566. The van der Waals surface area contributed by atoms with Crippen LogP contribution in [-0.2, 0) is 0 Å². The molecule has 12 rings (SSSR count). The van der Waals surface area contributed by atoms with Crippen LogP contribution in [0.4, 0.5) is 0 Å². The van der Waals surface area contributed by atoms with E-state index in [-0.39, 0.29) is 0 Å². The molecular weight excluding hydrogens is 849 g/mol. The molecule has 1 aromatic heterocycles. The molecule has 0 aliphatic rings. The number of amidine groups is 1. The predicted molar refractivity (Wildman–Crippen MR) is 299 cm³/mol. The molecule has 12 aromatic rings. The largest absolute Gasteiger partial charge is 0.455 e. The minimum Gasteiger partial charge on any atom is -0.455 e. The van der Waals surface area contributed by atoms with Crippen LogP contribution in [0.2, 0.25) is 0 Å². The van der Waals surface area contributed by atoms with E-state index in [2.05, 4.69) is 226 Å². The van der Waals surface area contributed by atoms with Crippen LogP contribution in [0.25, 0.3) is 98.6 Å². The molecule has 0 bridgehead atoms. The van der Waals surface area contributed by atoms with E-state index in [9.17, 15) is 0 Å².